The zero-order chi connectivity index (χ0) is 18.5. The number of carbonyl (C=O) groups excluding carboxylic acids is 1. The topological polar surface area (TPSA) is 44.8 Å². The number of hydrogen-bond acceptors (Lipinski definition) is 4. The molecule has 4 nitrogen and oxygen atoms in total. The molecule has 0 N–H and O–H groups in total. The minimum Gasteiger partial charge on any atom is -0.413 e. The Kier molecular flexibility index (Phi) is 8.11. The molecule has 0 aromatic carbocycles. The number of ketones is 1. The highest BCUT2D eigenvalue weighted by atomic mass is 28.4. The van der Waals surface area contributed by atoms with Gasteiger partial charge >= 0.3 is 0 Å². The molecule has 24 heavy (non-hydrogen) atoms. The van der Waals surface area contributed by atoms with Gasteiger partial charge < -0.3 is 13.9 Å². The van der Waals surface area contributed by atoms with Crippen molar-refractivity contribution >= 4 is 14.1 Å². The first-order valence-corrected chi connectivity index (χ1v) is 12.1. The van der Waals surface area contributed by atoms with Crippen LogP contribution in [0.25, 0.3) is 0 Å². The molecular weight excluding hydrogens is 320 g/mol. The Bertz CT molecular complexity index is 400. The van der Waals surface area contributed by atoms with Crippen molar-refractivity contribution in [3.8, 4) is 0 Å². The number of rotatable bonds is 9. The molecule has 0 spiro atoms. The molecule has 5 heteroatoms. The number of ether oxygens (including phenoxy) is 2. The van der Waals surface area contributed by atoms with E-state index in [0.29, 0.717) is 18.3 Å². The van der Waals surface area contributed by atoms with Gasteiger partial charge in [0, 0.05) is 19.4 Å². The smallest absolute Gasteiger partial charge is 0.192 e. The lowest BCUT2D eigenvalue weighted by atomic mass is 9.82. The minimum atomic E-state index is -1.72. The Labute approximate surface area is 149 Å². The van der Waals surface area contributed by atoms with Crippen molar-refractivity contribution in [3.05, 3.63) is 0 Å². The fraction of sp³-hybridized carbons (Fsp3) is 0.947. The summed E-state index contributed by atoms with van der Waals surface area (Å²) in [6.45, 7) is 14.9. The normalized spacial score (nSPS) is 31.5. The number of methoxy groups -OCH3 is 1. The predicted octanol–water partition coefficient (Wildman–Crippen LogP) is 4.78. The Morgan fingerprint density at radius 1 is 1.25 bits per heavy atom. The maximum absolute atomic E-state index is 11.8. The molecule has 0 aliphatic carbocycles. The Balaban J connectivity index is 3.13. The third-order valence-corrected chi connectivity index (χ3v) is 10.5. The molecular formula is C19H38O4Si. The van der Waals surface area contributed by atoms with Crippen molar-refractivity contribution in [3.63, 3.8) is 0 Å². The average Bonchev–Trinajstić information content (AvgIpc) is 2.54. The highest BCUT2D eigenvalue weighted by Crippen LogP contribution is 2.42. The van der Waals surface area contributed by atoms with Crippen LogP contribution in [-0.2, 0) is 18.7 Å². The van der Waals surface area contributed by atoms with E-state index in [-0.39, 0.29) is 24.4 Å². The molecule has 4 atom stereocenters. The summed E-state index contributed by atoms with van der Waals surface area (Å²) in [7, 11) is -0.0719. The van der Waals surface area contributed by atoms with Gasteiger partial charge in [0.15, 0.2) is 14.1 Å². The van der Waals surface area contributed by atoms with Gasteiger partial charge in [-0.15, -0.1) is 0 Å². The van der Waals surface area contributed by atoms with Crippen molar-refractivity contribution in [2.75, 3.05) is 7.11 Å². The van der Waals surface area contributed by atoms with Gasteiger partial charge in [-0.25, -0.2) is 0 Å². The fourth-order valence-corrected chi connectivity index (χ4v) is 6.96. The molecule has 1 saturated heterocycles. The molecule has 0 aromatic rings. The summed E-state index contributed by atoms with van der Waals surface area (Å²) in [5.41, 5.74) is 0. The largest absolute Gasteiger partial charge is 0.413 e. The van der Waals surface area contributed by atoms with Crippen LogP contribution in [0.15, 0.2) is 0 Å². The van der Waals surface area contributed by atoms with Crippen LogP contribution < -0.4 is 0 Å². The van der Waals surface area contributed by atoms with Crippen molar-refractivity contribution in [1.82, 2.24) is 0 Å². The Morgan fingerprint density at radius 2 is 1.79 bits per heavy atom. The van der Waals surface area contributed by atoms with E-state index in [1.165, 1.54) is 0 Å². The molecule has 1 aliphatic heterocycles. The van der Waals surface area contributed by atoms with E-state index in [9.17, 15) is 4.79 Å². The summed E-state index contributed by atoms with van der Waals surface area (Å²) < 4.78 is 18.9. The molecule has 0 bridgehead atoms. The molecule has 0 saturated carbocycles. The molecule has 1 heterocycles. The highest BCUT2D eigenvalue weighted by Gasteiger charge is 2.49. The summed E-state index contributed by atoms with van der Waals surface area (Å²) in [5.74, 6) is -0.0870. The maximum Gasteiger partial charge on any atom is 0.192 e. The van der Waals surface area contributed by atoms with E-state index in [4.69, 9.17) is 13.9 Å². The molecule has 1 fully saturated rings. The molecule has 0 aromatic heterocycles. The summed E-state index contributed by atoms with van der Waals surface area (Å²) in [5, 5.41) is 0. The number of carbonyl (C=O) groups is 1. The summed E-state index contributed by atoms with van der Waals surface area (Å²) in [4.78, 5) is 11.8. The van der Waals surface area contributed by atoms with Gasteiger partial charge in [0.2, 0.25) is 0 Å². The summed E-state index contributed by atoms with van der Waals surface area (Å²) in [6, 6.07) is 3.38. The first-order chi connectivity index (χ1) is 11.2. The van der Waals surface area contributed by atoms with E-state index >= 15 is 0 Å². The van der Waals surface area contributed by atoms with E-state index < -0.39 is 14.1 Å². The monoisotopic (exact) mass is 358 g/mol. The SMILES string of the molecule is CC[Si](CC)(CC)O[C@H]1C[C@@](CC(C)=O)(OC)O[C@H](C(C)C)[C@H]1C. The molecule has 1 aliphatic rings. The Morgan fingerprint density at radius 3 is 2.17 bits per heavy atom. The first-order valence-electron chi connectivity index (χ1n) is 9.58. The lowest BCUT2D eigenvalue weighted by Gasteiger charge is -2.50. The van der Waals surface area contributed by atoms with Crippen LogP contribution in [0.2, 0.25) is 18.1 Å². The second-order valence-electron chi connectivity index (χ2n) is 7.78. The van der Waals surface area contributed by atoms with Crippen molar-refractivity contribution in [1.29, 1.82) is 0 Å². The molecule has 1 rings (SSSR count). The van der Waals surface area contributed by atoms with Crippen LogP contribution in [0, 0.1) is 11.8 Å². The average molecular weight is 359 g/mol. The molecule has 0 radical (unpaired) electrons. The zero-order valence-corrected chi connectivity index (χ0v) is 18.0. The maximum atomic E-state index is 11.8. The summed E-state index contributed by atoms with van der Waals surface area (Å²) >= 11 is 0. The second kappa shape index (κ2) is 8.92. The predicted molar refractivity (Wildman–Crippen MR) is 101 cm³/mol. The third-order valence-electron chi connectivity index (χ3n) is 5.85. The lowest BCUT2D eigenvalue weighted by Crippen LogP contribution is -2.57. The highest BCUT2D eigenvalue weighted by molar-refractivity contribution is 6.73. The van der Waals surface area contributed by atoms with E-state index in [0.717, 1.165) is 18.1 Å². The van der Waals surface area contributed by atoms with Gasteiger partial charge in [-0.1, -0.05) is 41.5 Å². The van der Waals surface area contributed by atoms with Crippen molar-refractivity contribution in [2.45, 2.75) is 97.4 Å². The number of hydrogen-bond donors (Lipinski definition) is 0. The van der Waals surface area contributed by atoms with E-state index in [1.54, 1.807) is 14.0 Å². The lowest BCUT2D eigenvalue weighted by molar-refractivity contribution is -0.304. The van der Waals surface area contributed by atoms with E-state index in [1.807, 2.05) is 0 Å². The quantitative estimate of drug-likeness (QED) is 0.556. The van der Waals surface area contributed by atoms with Crippen LogP contribution in [-0.4, -0.2) is 39.2 Å². The van der Waals surface area contributed by atoms with Crippen LogP contribution in [0.5, 0.6) is 0 Å². The molecule has 142 valence electrons. The van der Waals surface area contributed by atoms with Crippen LogP contribution in [0.3, 0.4) is 0 Å². The van der Waals surface area contributed by atoms with Crippen LogP contribution >= 0.6 is 0 Å². The standard InChI is InChI=1S/C19H38O4Si/c1-9-24(10-2,11-3)23-17-13-19(21-8,12-15(6)20)22-18(14(4)5)16(17)7/h14,16-18H,9-13H2,1-8H3/t16-,17-,18+,19-/m0/s1. The molecule has 0 unspecified atom stereocenters. The Hall–Kier alpha value is -0.233. The molecule has 0 amide bonds. The van der Waals surface area contributed by atoms with Gasteiger partial charge in [0.1, 0.15) is 5.78 Å². The minimum absolute atomic E-state index is 0.0420. The van der Waals surface area contributed by atoms with E-state index in [2.05, 4.69) is 41.5 Å². The summed E-state index contributed by atoms with van der Waals surface area (Å²) in [6.07, 6.45) is 1.07. The van der Waals surface area contributed by atoms with Gasteiger partial charge in [-0.2, -0.15) is 0 Å². The van der Waals surface area contributed by atoms with Crippen molar-refractivity contribution in [2.24, 2.45) is 11.8 Å². The second-order valence-corrected chi connectivity index (χ2v) is 12.5. The van der Waals surface area contributed by atoms with Gasteiger partial charge in [-0.3, -0.25) is 4.79 Å². The van der Waals surface area contributed by atoms with Crippen molar-refractivity contribution < 1.29 is 18.7 Å². The third kappa shape index (κ3) is 4.90. The zero-order valence-electron chi connectivity index (χ0n) is 17.0. The fourth-order valence-electron chi connectivity index (χ4n) is 4.02. The van der Waals surface area contributed by atoms with Gasteiger partial charge in [0.25, 0.3) is 0 Å². The van der Waals surface area contributed by atoms with Crippen LogP contribution in [0.1, 0.15) is 61.3 Å². The number of Topliss-reactive ketones (excluding diaryl/α,β-unsaturated/α-hetero) is 1. The van der Waals surface area contributed by atoms with Gasteiger partial charge in [-0.05, 0) is 31.0 Å². The van der Waals surface area contributed by atoms with Crippen LogP contribution in [0.4, 0.5) is 0 Å². The first kappa shape index (κ1) is 21.8. The van der Waals surface area contributed by atoms with Gasteiger partial charge in [0.05, 0.1) is 18.6 Å².